The van der Waals surface area contributed by atoms with Crippen molar-refractivity contribution in [1.29, 1.82) is 0 Å². The molecule has 2 aromatic heterocycles. The van der Waals surface area contributed by atoms with Crippen LogP contribution in [0.4, 0.5) is 5.13 Å². The number of rotatable bonds is 2. The van der Waals surface area contributed by atoms with Gasteiger partial charge in [0.05, 0.1) is 11.8 Å². The number of nitrogens with one attached hydrogen (secondary N) is 1. The number of aromatic nitrogens is 2. The smallest absolute Gasteiger partial charge is 0.262 e. The van der Waals surface area contributed by atoms with E-state index in [9.17, 15) is 4.79 Å². The first-order valence-corrected chi connectivity index (χ1v) is 4.34. The standard InChI is InChI=1S/C7H5N3O2S/c11-6(5-3-9-12-4-5)10-7-8-1-2-13-7/h1-4H,(H,8,10,11). The van der Waals surface area contributed by atoms with Gasteiger partial charge in [0.1, 0.15) is 6.26 Å². The minimum absolute atomic E-state index is 0.267. The highest BCUT2D eigenvalue weighted by Gasteiger charge is 2.08. The van der Waals surface area contributed by atoms with Crippen LogP contribution >= 0.6 is 11.3 Å². The summed E-state index contributed by atoms with van der Waals surface area (Å²) < 4.78 is 4.53. The van der Waals surface area contributed by atoms with Crippen molar-refractivity contribution in [3.05, 3.63) is 29.6 Å². The van der Waals surface area contributed by atoms with Crippen LogP contribution in [0, 0.1) is 0 Å². The Morgan fingerprint density at radius 2 is 2.54 bits per heavy atom. The summed E-state index contributed by atoms with van der Waals surface area (Å²) in [6.45, 7) is 0. The fourth-order valence-electron chi connectivity index (χ4n) is 0.771. The molecule has 66 valence electrons. The summed E-state index contributed by atoms with van der Waals surface area (Å²) in [5.41, 5.74) is 0.384. The lowest BCUT2D eigenvalue weighted by Gasteiger charge is -1.95. The Bertz CT molecular complexity index is 382. The second-order valence-corrected chi connectivity index (χ2v) is 3.10. The van der Waals surface area contributed by atoms with Gasteiger partial charge in [-0.05, 0) is 0 Å². The molecule has 0 spiro atoms. The number of anilines is 1. The van der Waals surface area contributed by atoms with Crippen LogP contribution in [0.3, 0.4) is 0 Å². The van der Waals surface area contributed by atoms with Crippen molar-refractivity contribution in [1.82, 2.24) is 10.1 Å². The third kappa shape index (κ3) is 1.73. The molecule has 2 rings (SSSR count). The Morgan fingerprint density at radius 3 is 3.15 bits per heavy atom. The molecule has 0 aliphatic heterocycles. The maximum absolute atomic E-state index is 11.3. The Balaban J connectivity index is 2.08. The molecule has 0 aliphatic carbocycles. The van der Waals surface area contributed by atoms with Gasteiger partial charge in [-0.15, -0.1) is 11.3 Å². The lowest BCUT2D eigenvalue weighted by atomic mass is 10.3. The Morgan fingerprint density at radius 1 is 1.62 bits per heavy atom. The number of hydrogen-bond acceptors (Lipinski definition) is 5. The topological polar surface area (TPSA) is 68.0 Å². The number of hydrogen-bond donors (Lipinski definition) is 1. The van der Waals surface area contributed by atoms with E-state index >= 15 is 0 Å². The molecule has 5 nitrogen and oxygen atoms in total. The maximum Gasteiger partial charge on any atom is 0.262 e. The van der Waals surface area contributed by atoms with Crippen molar-refractivity contribution >= 4 is 22.4 Å². The van der Waals surface area contributed by atoms with Gasteiger partial charge in [0, 0.05) is 11.6 Å². The first-order valence-electron chi connectivity index (χ1n) is 3.46. The van der Waals surface area contributed by atoms with E-state index in [4.69, 9.17) is 0 Å². The zero-order valence-corrected chi connectivity index (χ0v) is 7.25. The largest absolute Gasteiger partial charge is 0.364 e. The van der Waals surface area contributed by atoms with Gasteiger partial charge in [0.2, 0.25) is 0 Å². The van der Waals surface area contributed by atoms with Gasteiger partial charge < -0.3 is 4.52 Å². The Labute approximate surface area is 77.4 Å². The third-order valence-electron chi connectivity index (χ3n) is 1.35. The van der Waals surface area contributed by atoms with Crippen LogP contribution in [0.2, 0.25) is 0 Å². The predicted molar refractivity (Wildman–Crippen MR) is 46.6 cm³/mol. The molecule has 0 atom stereocenters. The summed E-state index contributed by atoms with van der Waals surface area (Å²) in [4.78, 5) is 15.2. The summed E-state index contributed by atoms with van der Waals surface area (Å²) in [5, 5.41) is 8.35. The molecule has 2 aromatic rings. The van der Waals surface area contributed by atoms with Crippen molar-refractivity contribution in [2.75, 3.05) is 5.32 Å². The van der Waals surface area contributed by atoms with Gasteiger partial charge in [-0.2, -0.15) is 0 Å². The summed E-state index contributed by atoms with van der Waals surface area (Å²) in [6.07, 6.45) is 4.25. The third-order valence-corrected chi connectivity index (χ3v) is 2.04. The lowest BCUT2D eigenvalue weighted by molar-refractivity contribution is 0.102. The molecule has 0 saturated carbocycles. The average Bonchev–Trinajstić information content (AvgIpc) is 2.74. The van der Waals surface area contributed by atoms with Crippen molar-refractivity contribution < 1.29 is 9.32 Å². The zero-order chi connectivity index (χ0) is 9.10. The highest BCUT2D eigenvalue weighted by atomic mass is 32.1. The van der Waals surface area contributed by atoms with Crippen molar-refractivity contribution in [3.8, 4) is 0 Å². The minimum Gasteiger partial charge on any atom is -0.364 e. The molecule has 2 heterocycles. The summed E-state index contributed by atoms with van der Waals surface area (Å²) in [7, 11) is 0. The first kappa shape index (κ1) is 7.93. The van der Waals surface area contributed by atoms with E-state index in [1.165, 1.54) is 23.8 Å². The van der Waals surface area contributed by atoms with Crippen LogP contribution in [0.25, 0.3) is 0 Å². The minimum atomic E-state index is -0.267. The molecule has 0 bridgehead atoms. The van der Waals surface area contributed by atoms with Crippen LogP contribution in [-0.4, -0.2) is 16.0 Å². The second kappa shape index (κ2) is 3.36. The Kier molecular flexibility index (Phi) is 2.05. The summed E-state index contributed by atoms with van der Waals surface area (Å²) >= 11 is 1.35. The lowest BCUT2D eigenvalue weighted by Crippen LogP contribution is -2.10. The van der Waals surface area contributed by atoms with Gasteiger partial charge >= 0.3 is 0 Å². The molecule has 0 radical (unpaired) electrons. The average molecular weight is 195 g/mol. The fraction of sp³-hybridized carbons (Fsp3) is 0. The monoisotopic (exact) mass is 195 g/mol. The van der Waals surface area contributed by atoms with E-state index in [2.05, 4.69) is 20.0 Å². The molecule has 6 heteroatoms. The molecule has 0 aliphatic rings. The number of amides is 1. The number of nitrogens with zero attached hydrogens (tertiary/aromatic N) is 2. The maximum atomic E-state index is 11.3. The van der Waals surface area contributed by atoms with Crippen LogP contribution in [0.1, 0.15) is 10.4 Å². The zero-order valence-electron chi connectivity index (χ0n) is 6.43. The van der Waals surface area contributed by atoms with Crippen molar-refractivity contribution in [2.24, 2.45) is 0 Å². The van der Waals surface area contributed by atoms with E-state index in [0.29, 0.717) is 10.7 Å². The van der Waals surface area contributed by atoms with E-state index < -0.39 is 0 Å². The highest BCUT2D eigenvalue weighted by molar-refractivity contribution is 7.13. The second-order valence-electron chi connectivity index (χ2n) is 2.20. The number of carbonyl (C=O) groups excluding carboxylic acids is 1. The van der Waals surface area contributed by atoms with Gasteiger partial charge in [0.15, 0.2) is 5.13 Å². The van der Waals surface area contributed by atoms with Crippen LogP contribution in [-0.2, 0) is 0 Å². The van der Waals surface area contributed by atoms with Gasteiger partial charge in [-0.25, -0.2) is 4.98 Å². The molecule has 1 amide bonds. The summed E-state index contributed by atoms with van der Waals surface area (Å²) in [6, 6.07) is 0. The number of carbonyl (C=O) groups is 1. The fourth-order valence-corrected chi connectivity index (χ4v) is 1.30. The van der Waals surface area contributed by atoms with Crippen molar-refractivity contribution in [2.45, 2.75) is 0 Å². The van der Waals surface area contributed by atoms with E-state index in [0.717, 1.165) is 0 Å². The molecule has 1 N–H and O–H groups in total. The van der Waals surface area contributed by atoms with E-state index in [1.807, 2.05) is 0 Å². The van der Waals surface area contributed by atoms with Crippen LogP contribution in [0.15, 0.2) is 28.6 Å². The van der Waals surface area contributed by atoms with Crippen molar-refractivity contribution in [3.63, 3.8) is 0 Å². The molecular weight excluding hydrogens is 190 g/mol. The van der Waals surface area contributed by atoms with Crippen LogP contribution in [0.5, 0.6) is 0 Å². The van der Waals surface area contributed by atoms with Crippen LogP contribution < -0.4 is 5.32 Å². The highest BCUT2D eigenvalue weighted by Crippen LogP contribution is 2.11. The molecular formula is C7H5N3O2S. The summed E-state index contributed by atoms with van der Waals surface area (Å²) in [5.74, 6) is -0.267. The Hall–Kier alpha value is -1.69. The first-order chi connectivity index (χ1) is 6.36. The molecule has 0 aromatic carbocycles. The normalized spacial score (nSPS) is 9.85. The molecule has 13 heavy (non-hydrogen) atoms. The SMILES string of the molecule is O=C(Nc1nccs1)c1cnoc1. The van der Waals surface area contributed by atoms with Gasteiger partial charge in [-0.3, -0.25) is 10.1 Å². The van der Waals surface area contributed by atoms with E-state index in [-0.39, 0.29) is 5.91 Å². The predicted octanol–water partition coefficient (Wildman–Crippen LogP) is 1.38. The number of thiazole rings is 1. The van der Waals surface area contributed by atoms with E-state index in [1.54, 1.807) is 11.6 Å². The molecule has 0 saturated heterocycles. The quantitative estimate of drug-likeness (QED) is 0.786. The van der Waals surface area contributed by atoms with Gasteiger partial charge in [0.25, 0.3) is 5.91 Å². The molecule has 0 unspecified atom stereocenters. The van der Waals surface area contributed by atoms with Gasteiger partial charge in [-0.1, -0.05) is 5.16 Å². The molecule has 0 fully saturated rings.